The summed E-state index contributed by atoms with van der Waals surface area (Å²) in [4.78, 5) is 11.4. The fourth-order valence-electron chi connectivity index (χ4n) is 1.16. The van der Waals surface area contributed by atoms with Crippen molar-refractivity contribution in [2.45, 2.75) is 13.0 Å². The van der Waals surface area contributed by atoms with E-state index in [2.05, 4.69) is 10.6 Å². The van der Waals surface area contributed by atoms with Crippen molar-refractivity contribution in [1.29, 1.82) is 0 Å². The second-order valence-electron chi connectivity index (χ2n) is 3.86. The number of halogens is 3. The van der Waals surface area contributed by atoms with Crippen LogP contribution in [0.4, 0.5) is 8.78 Å². The van der Waals surface area contributed by atoms with Crippen LogP contribution in [0.25, 0.3) is 0 Å². The molecule has 0 aliphatic heterocycles. The molecule has 0 saturated carbocycles. The third-order valence-electron chi connectivity index (χ3n) is 2.35. The zero-order valence-corrected chi connectivity index (χ0v) is 11.5. The highest BCUT2D eigenvalue weighted by Gasteiger charge is 2.08. The first-order valence-corrected chi connectivity index (χ1v) is 5.54. The first-order valence-electron chi connectivity index (χ1n) is 5.54. The van der Waals surface area contributed by atoms with E-state index in [9.17, 15) is 13.6 Å². The van der Waals surface area contributed by atoms with Gasteiger partial charge in [0, 0.05) is 18.7 Å². The number of carbonyl (C=O) groups is 1. The van der Waals surface area contributed by atoms with Crippen LogP contribution in [0.15, 0.2) is 18.2 Å². The molecule has 4 nitrogen and oxygen atoms in total. The minimum atomic E-state index is -0.827. The van der Waals surface area contributed by atoms with Crippen molar-refractivity contribution in [3.63, 3.8) is 0 Å². The molecule has 19 heavy (non-hydrogen) atoms. The molecule has 1 aromatic carbocycles. The van der Waals surface area contributed by atoms with Gasteiger partial charge in [0.1, 0.15) is 5.82 Å². The summed E-state index contributed by atoms with van der Waals surface area (Å²) in [7, 11) is 1.78. The predicted molar refractivity (Wildman–Crippen MR) is 70.6 cm³/mol. The van der Waals surface area contributed by atoms with Gasteiger partial charge >= 0.3 is 0 Å². The SMILES string of the molecule is CNC(C)CNC(=O)COc1ccc(F)cc1F.Cl. The van der Waals surface area contributed by atoms with Gasteiger partial charge in [-0.15, -0.1) is 12.4 Å². The maximum absolute atomic E-state index is 13.2. The van der Waals surface area contributed by atoms with Crippen LogP contribution in [0, 0.1) is 11.6 Å². The number of hydrogen-bond donors (Lipinski definition) is 2. The lowest BCUT2D eigenvalue weighted by Crippen LogP contribution is -2.39. The fourth-order valence-corrected chi connectivity index (χ4v) is 1.16. The van der Waals surface area contributed by atoms with E-state index in [1.807, 2.05) is 6.92 Å². The minimum absolute atomic E-state index is 0. The van der Waals surface area contributed by atoms with E-state index in [0.29, 0.717) is 12.6 Å². The molecule has 1 rings (SSSR count). The molecule has 0 aromatic heterocycles. The first-order chi connectivity index (χ1) is 8.52. The number of ether oxygens (including phenoxy) is 1. The average molecular weight is 295 g/mol. The molecular formula is C12H17ClF2N2O2. The van der Waals surface area contributed by atoms with Gasteiger partial charge in [-0.1, -0.05) is 0 Å². The van der Waals surface area contributed by atoms with Gasteiger partial charge in [-0.3, -0.25) is 4.79 Å². The van der Waals surface area contributed by atoms with Gasteiger partial charge in [-0.2, -0.15) is 0 Å². The van der Waals surface area contributed by atoms with Crippen molar-refractivity contribution >= 4 is 18.3 Å². The van der Waals surface area contributed by atoms with E-state index >= 15 is 0 Å². The van der Waals surface area contributed by atoms with Gasteiger partial charge in [0.25, 0.3) is 5.91 Å². The normalized spacial score (nSPS) is 11.4. The molecular weight excluding hydrogens is 278 g/mol. The molecule has 2 N–H and O–H groups in total. The number of nitrogens with one attached hydrogen (secondary N) is 2. The summed E-state index contributed by atoms with van der Waals surface area (Å²) >= 11 is 0. The summed E-state index contributed by atoms with van der Waals surface area (Å²) in [6, 6.07) is 3.06. The van der Waals surface area contributed by atoms with Crippen LogP contribution in [-0.4, -0.2) is 32.1 Å². The molecule has 1 unspecified atom stereocenters. The van der Waals surface area contributed by atoms with Gasteiger partial charge in [0.05, 0.1) is 0 Å². The number of carbonyl (C=O) groups excluding carboxylic acids is 1. The monoisotopic (exact) mass is 294 g/mol. The lowest BCUT2D eigenvalue weighted by Gasteiger charge is -2.12. The Labute approximate surface area is 116 Å². The minimum Gasteiger partial charge on any atom is -0.481 e. The largest absolute Gasteiger partial charge is 0.481 e. The Morgan fingerprint density at radius 1 is 1.42 bits per heavy atom. The van der Waals surface area contributed by atoms with Crippen LogP contribution in [0.1, 0.15) is 6.92 Å². The van der Waals surface area contributed by atoms with Crippen LogP contribution in [0.5, 0.6) is 5.75 Å². The summed E-state index contributed by atoms with van der Waals surface area (Å²) in [6.07, 6.45) is 0. The Balaban J connectivity index is 0.00000324. The Kier molecular flexibility index (Phi) is 8.02. The van der Waals surface area contributed by atoms with Crippen molar-refractivity contribution in [3.8, 4) is 5.75 Å². The van der Waals surface area contributed by atoms with Crippen molar-refractivity contribution in [1.82, 2.24) is 10.6 Å². The summed E-state index contributed by atoms with van der Waals surface area (Å²) in [6.45, 7) is 2.05. The van der Waals surface area contributed by atoms with E-state index < -0.39 is 11.6 Å². The molecule has 0 saturated heterocycles. The second-order valence-corrected chi connectivity index (χ2v) is 3.86. The van der Waals surface area contributed by atoms with E-state index in [1.165, 1.54) is 0 Å². The highest BCUT2D eigenvalue weighted by molar-refractivity contribution is 5.85. The third-order valence-corrected chi connectivity index (χ3v) is 2.35. The maximum Gasteiger partial charge on any atom is 0.257 e. The topological polar surface area (TPSA) is 50.4 Å². The van der Waals surface area contributed by atoms with Crippen LogP contribution in [0.2, 0.25) is 0 Å². The average Bonchev–Trinajstić information content (AvgIpc) is 2.34. The molecule has 0 aliphatic rings. The molecule has 0 heterocycles. The van der Waals surface area contributed by atoms with Crippen molar-refractivity contribution in [3.05, 3.63) is 29.8 Å². The molecule has 0 spiro atoms. The Morgan fingerprint density at radius 2 is 2.11 bits per heavy atom. The van der Waals surface area contributed by atoms with E-state index in [4.69, 9.17) is 4.74 Å². The molecule has 1 amide bonds. The van der Waals surface area contributed by atoms with Gasteiger partial charge in [-0.25, -0.2) is 8.78 Å². The highest BCUT2D eigenvalue weighted by atomic mass is 35.5. The fraction of sp³-hybridized carbons (Fsp3) is 0.417. The lowest BCUT2D eigenvalue weighted by molar-refractivity contribution is -0.123. The Hall–Kier alpha value is -1.40. The molecule has 1 atom stereocenters. The van der Waals surface area contributed by atoms with Gasteiger partial charge in [0.2, 0.25) is 0 Å². The zero-order valence-electron chi connectivity index (χ0n) is 10.7. The lowest BCUT2D eigenvalue weighted by atomic mass is 10.3. The first kappa shape index (κ1) is 17.6. The second kappa shape index (κ2) is 8.66. The quantitative estimate of drug-likeness (QED) is 0.836. The van der Waals surface area contributed by atoms with Crippen molar-refractivity contribution in [2.75, 3.05) is 20.2 Å². The Bertz CT molecular complexity index is 419. The maximum atomic E-state index is 13.2. The molecule has 7 heteroatoms. The van der Waals surface area contributed by atoms with Gasteiger partial charge in [0.15, 0.2) is 18.2 Å². The van der Waals surface area contributed by atoms with E-state index in [1.54, 1.807) is 7.05 Å². The molecule has 0 fully saturated rings. The number of likely N-dealkylation sites (N-methyl/N-ethyl adjacent to an activating group) is 1. The molecule has 0 bridgehead atoms. The predicted octanol–water partition coefficient (Wildman–Crippen LogP) is 1.49. The molecule has 0 radical (unpaired) electrons. The van der Waals surface area contributed by atoms with Crippen molar-refractivity contribution in [2.24, 2.45) is 0 Å². The highest BCUT2D eigenvalue weighted by Crippen LogP contribution is 2.17. The molecule has 0 aliphatic carbocycles. The van der Waals surface area contributed by atoms with Crippen LogP contribution in [0.3, 0.4) is 0 Å². The smallest absolute Gasteiger partial charge is 0.257 e. The van der Waals surface area contributed by atoms with Gasteiger partial charge < -0.3 is 15.4 Å². The van der Waals surface area contributed by atoms with E-state index in [0.717, 1.165) is 12.1 Å². The van der Waals surface area contributed by atoms with Crippen LogP contribution in [-0.2, 0) is 4.79 Å². The number of benzene rings is 1. The zero-order chi connectivity index (χ0) is 13.5. The number of amides is 1. The number of hydrogen-bond acceptors (Lipinski definition) is 3. The summed E-state index contributed by atoms with van der Waals surface area (Å²) < 4.78 is 30.7. The summed E-state index contributed by atoms with van der Waals surface area (Å²) in [5.41, 5.74) is 0. The molecule has 108 valence electrons. The molecule has 1 aromatic rings. The van der Waals surface area contributed by atoms with Gasteiger partial charge in [-0.05, 0) is 26.1 Å². The standard InChI is InChI=1S/C12H16F2N2O2.ClH/c1-8(15-2)6-16-12(17)7-18-11-4-3-9(13)5-10(11)14;/h3-5,8,15H,6-7H2,1-2H3,(H,16,17);1H. The summed E-state index contributed by atoms with van der Waals surface area (Å²) in [5, 5.41) is 5.56. The number of rotatable bonds is 6. The van der Waals surface area contributed by atoms with Crippen LogP contribution < -0.4 is 15.4 Å². The van der Waals surface area contributed by atoms with Crippen LogP contribution >= 0.6 is 12.4 Å². The third kappa shape index (κ3) is 6.35. The van der Waals surface area contributed by atoms with Crippen molar-refractivity contribution < 1.29 is 18.3 Å². The van der Waals surface area contributed by atoms with E-state index in [-0.39, 0.29) is 36.7 Å². The Morgan fingerprint density at radius 3 is 2.68 bits per heavy atom. The summed E-state index contributed by atoms with van der Waals surface area (Å²) in [5.74, 6) is -2.02.